The first-order valence-corrected chi connectivity index (χ1v) is 7.17. The van der Waals surface area contributed by atoms with E-state index in [9.17, 15) is 0 Å². The molecule has 0 spiro atoms. The maximum Gasteiger partial charge on any atom is 0.00445 e. The molecule has 2 unspecified atom stereocenters. The van der Waals surface area contributed by atoms with E-state index >= 15 is 0 Å². The van der Waals surface area contributed by atoms with Crippen LogP contribution >= 0.6 is 0 Å². The van der Waals surface area contributed by atoms with Crippen molar-refractivity contribution < 1.29 is 0 Å². The zero-order chi connectivity index (χ0) is 11.7. The number of rotatable bonds is 2. The van der Waals surface area contributed by atoms with Gasteiger partial charge in [0.2, 0.25) is 0 Å². The van der Waals surface area contributed by atoms with Gasteiger partial charge in [-0.1, -0.05) is 30.7 Å². The number of nitrogens with one attached hydrogen (secondary N) is 1. The predicted octanol–water partition coefficient (Wildman–Crippen LogP) is 3.81. The fourth-order valence-corrected chi connectivity index (χ4v) is 3.39. The molecule has 1 heteroatoms. The van der Waals surface area contributed by atoms with Crippen LogP contribution < -0.4 is 5.32 Å². The molecule has 2 atom stereocenters. The summed E-state index contributed by atoms with van der Waals surface area (Å²) in [6.07, 6.45) is 6.88. The van der Waals surface area contributed by atoms with Crippen molar-refractivity contribution >= 4 is 0 Å². The minimum absolute atomic E-state index is 0.684. The average Bonchev–Trinajstić information content (AvgIpc) is 2.27. The van der Waals surface area contributed by atoms with Crippen LogP contribution in [0.15, 0.2) is 24.3 Å². The molecule has 0 amide bonds. The van der Waals surface area contributed by atoms with Gasteiger partial charge in [-0.3, -0.25) is 0 Å². The monoisotopic (exact) mass is 229 g/mol. The molecule has 1 nitrogen and oxygen atoms in total. The van der Waals surface area contributed by atoms with E-state index < -0.39 is 0 Å². The Labute approximate surface area is 105 Å². The molecule has 1 saturated heterocycles. The van der Waals surface area contributed by atoms with Gasteiger partial charge in [-0.05, 0) is 62.1 Å². The summed E-state index contributed by atoms with van der Waals surface area (Å²) >= 11 is 0. The van der Waals surface area contributed by atoms with Gasteiger partial charge in [0.05, 0.1) is 0 Å². The topological polar surface area (TPSA) is 12.0 Å². The van der Waals surface area contributed by atoms with E-state index in [0.717, 1.165) is 11.8 Å². The Kier molecular flexibility index (Phi) is 3.19. The van der Waals surface area contributed by atoms with Gasteiger partial charge >= 0.3 is 0 Å². The second-order valence-corrected chi connectivity index (χ2v) is 5.83. The Hall–Kier alpha value is -0.820. The molecule has 0 aromatic heterocycles. The molecule has 1 heterocycles. The Morgan fingerprint density at radius 3 is 2.29 bits per heavy atom. The number of hydrogen-bond donors (Lipinski definition) is 1. The zero-order valence-electron chi connectivity index (χ0n) is 10.8. The molecular formula is C16H23N. The minimum Gasteiger partial charge on any atom is -0.314 e. The van der Waals surface area contributed by atoms with Gasteiger partial charge in [0.1, 0.15) is 0 Å². The third kappa shape index (κ3) is 2.26. The van der Waals surface area contributed by atoms with Crippen LogP contribution in [0.1, 0.15) is 62.0 Å². The third-order valence-corrected chi connectivity index (χ3v) is 4.60. The van der Waals surface area contributed by atoms with Crippen LogP contribution in [0.25, 0.3) is 0 Å². The Balaban J connectivity index is 1.85. The molecule has 1 aromatic rings. The highest BCUT2D eigenvalue weighted by molar-refractivity contribution is 5.35. The van der Waals surface area contributed by atoms with Gasteiger partial charge < -0.3 is 5.32 Å². The Morgan fingerprint density at radius 2 is 1.71 bits per heavy atom. The van der Waals surface area contributed by atoms with Crippen LogP contribution in [0, 0.1) is 0 Å². The summed E-state index contributed by atoms with van der Waals surface area (Å²) < 4.78 is 0. The quantitative estimate of drug-likeness (QED) is 0.813. The molecule has 2 fully saturated rings. The van der Waals surface area contributed by atoms with Gasteiger partial charge in [0, 0.05) is 6.04 Å². The summed E-state index contributed by atoms with van der Waals surface area (Å²) in [4.78, 5) is 0. The van der Waals surface area contributed by atoms with Gasteiger partial charge in [0.15, 0.2) is 0 Å². The van der Waals surface area contributed by atoms with E-state index in [2.05, 4.69) is 36.5 Å². The summed E-state index contributed by atoms with van der Waals surface area (Å²) in [5.41, 5.74) is 3.32. The van der Waals surface area contributed by atoms with E-state index in [1.165, 1.54) is 38.6 Å². The van der Waals surface area contributed by atoms with E-state index in [1.807, 2.05) is 0 Å². The molecule has 1 aliphatic heterocycles. The first kappa shape index (κ1) is 11.3. The lowest BCUT2D eigenvalue weighted by molar-refractivity contribution is 0.370. The van der Waals surface area contributed by atoms with Crippen molar-refractivity contribution in [3.8, 4) is 0 Å². The highest BCUT2D eigenvalue weighted by Crippen LogP contribution is 2.41. The average molecular weight is 229 g/mol. The molecular weight excluding hydrogens is 206 g/mol. The molecule has 1 N–H and O–H groups in total. The molecule has 3 rings (SSSR count). The standard InChI is InChI=1S/C16H23N/c1-12-11-14(9-10-17-12)16-8-3-2-7-15(16)13-5-4-6-13/h2-3,7-8,12-14,17H,4-6,9-11H2,1H3. The van der Waals surface area contributed by atoms with Crippen molar-refractivity contribution in [2.45, 2.75) is 56.9 Å². The number of benzene rings is 1. The van der Waals surface area contributed by atoms with E-state index in [-0.39, 0.29) is 0 Å². The van der Waals surface area contributed by atoms with Crippen molar-refractivity contribution in [3.63, 3.8) is 0 Å². The second kappa shape index (κ2) is 4.81. The summed E-state index contributed by atoms with van der Waals surface area (Å²) in [5, 5.41) is 3.56. The van der Waals surface area contributed by atoms with E-state index in [1.54, 1.807) is 11.1 Å². The third-order valence-electron chi connectivity index (χ3n) is 4.60. The smallest absolute Gasteiger partial charge is 0.00445 e. The fourth-order valence-electron chi connectivity index (χ4n) is 3.39. The largest absolute Gasteiger partial charge is 0.314 e. The van der Waals surface area contributed by atoms with Crippen LogP contribution in [-0.2, 0) is 0 Å². The molecule has 0 bridgehead atoms. The molecule has 92 valence electrons. The molecule has 1 aliphatic carbocycles. The van der Waals surface area contributed by atoms with Crippen molar-refractivity contribution in [3.05, 3.63) is 35.4 Å². The van der Waals surface area contributed by atoms with Crippen LogP contribution in [0.3, 0.4) is 0 Å². The van der Waals surface area contributed by atoms with Gasteiger partial charge in [0.25, 0.3) is 0 Å². The van der Waals surface area contributed by atoms with Crippen molar-refractivity contribution in [2.75, 3.05) is 6.54 Å². The molecule has 17 heavy (non-hydrogen) atoms. The summed E-state index contributed by atoms with van der Waals surface area (Å²) in [5.74, 6) is 1.67. The van der Waals surface area contributed by atoms with Crippen molar-refractivity contribution in [2.24, 2.45) is 0 Å². The van der Waals surface area contributed by atoms with E-state index in [4.69, 9.17) is 0 Å². The molecule has 0 radical (unpaired) electrons. The maximum atomic E-state index is 3.56. The lowest BCUT2D eigenvalue weighted by Gasteiger charge is -2.34. The van der Waals surface area contributed by atoms with Crippen molar-refractivity contribution in [1.82, 2.24) is 5.32 Å². The second-order valence-electron chi connectivity index (χ2n) is 5.83. The lowest BCUT2D eigenvalue weighted by Crippen LogP contribution is -2.35. The Morgan fingerprint density at radius 1 is 1.00 bits per heavy atom. The highest BCUT2D eigenvalue weighted by Gasteiger charge is 2.27. The maximum absolute atomic E-state index is 3.56. The summed E-state index contributed by atoms with van der Waals surface area (Å²) in [6.45, 7) is 3.50. The van der Waals surface area contributed by atoms with Gasteiger partial charge in [-0.25, -0.2) is 0 Å². The molecule has 2 aliphatic rings. The fraction of sp³-hybridized carbons (Fsp3) is 0.625. The van der Waals surface area contributed by atoms with Crippen LogP contribution in [0.4, 0.5) is 0 Å². The van der Waals surface area contributed by atoms with Crippen LogP contribution in [-0.4, -0.2) is 12.6 Å². The first-order chi connectivity index (χ1) is 8.34. The highest BCUT2D eigenvalue weighted by atomic mass is 14.9. The lowest BCUT2D eigenvalue weighted by atomic mass is 9.74. The first-order valence-electron chi connectivity index (χ1n) is 7.17. The van der Waals surface area contributed by atoms with Gasteiger partial charge in [-0.2, -0.15) is 0 Å². The molecule has 1 aromatic carbocycles. The van der Waals surface area contributed by atoms with Crippen LogP contribution in [0.5, 0.6) is 0 Å². The SMILES string of the molecule is CC1CC(c2ccccc2C2CCC2)CCN1. The van der Waals surface area contributed by atoms with Crippen molar-refractivity contribution in [1.29, 1.82) is 0 Å². The van der Waals surface area contributed by atoms with Crippen LogP contribution in [0.2, 0.25) is 0 Å². The Bertz CT molecular complexity index is 381. The van der Waals surface area contributed by atoms with Gasteiger partial charge in [-0.15, -0.1) is 0 Å². The normalized spacial score (nSPS) is 29.9. The zero-order valence-corrected chi connectivity index (χ0v) is 10.8. The molecule has 1 saturated carbocycles. The number of hydrogen-bond acceptors (Lipinski definition) is 1. The summed E-state index contributed by atoms with van der Waals surface area (Å²) in [6, 6.07) is 9.90. The van der Waals surface area contributed by atoms with E-state index in [0.29, 0.717) is 6.04 Å². The summed E-state index contributed by atoms with van der Waals surface area (Å²) in [7, 11) is 0. The predicted molar refractivity (Wildman–Crippen MR) is 72.5 cm³/mol. The minimum atomic E-state index is 0.684. The number of piperidine rings is 1.